The molecule has 0 N–H and O–H groups in total. The van der Waals surface area contributed by atoms with E-state index in [0.29, 0.717) is 18.3 Å². The van der Waals surface area contributed by atoms with E-state index in [9.17, 15) is 4.79 Å². The number of para-hydroxylation sites is 1. The van der Waals surface area contributed by atoms with Crippen LogP contribution in [0.15, 0.2) is 24.3 Å². The molecule has 1 atom stereocenters. The highest BCUT2D eigenvalue weighted by Crippen LogP contribution is 2.29. The van der Waals surface area contributed by atoms with Gasteiger partial charge in [-0.2, -0.15) is 0 Å². The number of carbonyl (C=O) groups is 1. The second-order valence-electron chi connectivity index (χ2n) is 6.76. The average molecular weight is 334 g/mol. The number of ether oxygens (including phenoxy) is 2. The molecule has 2 heterocycles. The quantitative estimate of drug-likeness (QED) is 0.830. The molecule has 0 radical (unpaired) electrons. The Morgan fingerprint density at radius 3 is 2.87 bits per heavy atom. The lowest BCUT2D eigenvalue weighted by Gasteiger charge is -2.33. The van der Waals surface area contributed by atoms with E-state index < -0.39 is 5.60 Å². The number of benzene rings is 1. The number of fused-ring (bicyclic) bond motifs is 1. The first-order valence-electron chi connectivity index (χ1n) is 7.91. The van der Waals surface area contributed by atoms with E-state index in [1.165, 1.54) is 0 Å². The van der Waals surface area contributed by atoms with Crippen LogP contribution in [0.25, 0.3) is 10.2 Å². The lowest BCUT2D eigenvalue weighted by molar-refractivity contribution is 0.00776. The molecule has 23 heavy (non-hydrogen) atoms. The van der Waals surface area contributed by atoms with Crippen molar-refractivity contribution in [2.75, 3.05) is 13.1 Å². The molecule has 1 unspecified atom stereocenters. The first-order chi connectivity index (χ1) is 10.9. The zero-order chi connectivity index (χ0) is 16.4. The lowest BCUT2D eigenvalue weighted by Crippen LogP contribution is -2.46. The molecule has 1 aromatic heterocycles. The molecule has 124 valence electrons. The summed E-state index contributed by atoms with van der Waals surface area (Å²) in [7, 11) is 0. The number of likely N-dealkylation sites (tertiary alicyclic amines) is 1. The zero-order valence-electron chi connectivity index (χ0n) is 13.7. The van der Waals surface area contributed by atoms with Gasteiger partial charge in [-0.15, -0.1) is 0 Å². The maximum Gasteiger partial charge on any atom is 0.410 e. The molecular formula is C17H22N2O3S. The summed E-state index contributed by atoms with van der Waals surface area (Å²) in [5.74, 6) is 0. The average Bonchev–Trinajstić information content (AvgIpc) is 2.88. The van der Waals surface area contributed by atoms with Crippen molar-refractivity contribution in [2.24, 2.45) is 0 Å². The van der Waals surface area contributed by atoms with Crippen molar-refractivity contribution in [2.45, 2.75) is 45.3 Å². The van der Waals surface area contributed by atoms with Crippen LogP contribution in [0.4, 0.5) is 4.79 Å². The SMILES string of the molecule is CC(C)(C)OC(=O)N1CCCC(Oc2nc3ccccc3s2)C1. The summed E-state index contributed by atoms with van der Waals surface area (Å²) < 4.78 is 12.6. The summed E-state index contributed by atoms with van der Waals surface area (Å²) in [6.45, 7) is 6.90. The Bertz CT molecular complexity index is 659. The number of carbonyl (C=O) groups excluding carboxylic acids is 1. The highest BCUT2D eigenvalue weighted by atomic mass is 32.1. The number of hydrogen-bond donors (Lipinski definition) is 0. The summed E-state index contributed by atoms with van der Waals surface area (Å²) in [5, 5.41) is 0.669. The Morgan fingerprint density at radius 2 is 2.13 bits per heavy atom. The molecule has 1 aromatic carbocycles. The van der Waals surface area contributed by atoms with Crippen LogP contribution in [0.5, 0.6) is 5.19 Å². The van der Waals surface area contributed by atoms with E-state index in [0.717, 1.165) is 23.1 Å². The highest BCUT2D eigenvalue weighted by Gasteiger charge is 2.29. The highest BCUT2D eigenvalue weighted by molar-refractivity contribution is 7.20. The minimum atomic E-state index is -0.474. The molecule has 1 saturated heterocycles. The monoisotopic (exact) mass is 334 g/mol. The third-order valence-electron chi connectivity index (χ3n) is 3.57. The van der Waals surface area contributed by atoms with Gasteiger partial charge < -0.3 is 14.4 Å². The number of piperidine rings is 1. The largest absolute Gasteiger partial charge is 0.465 e. The van der Waals surface area contributed by atoms with Crippen LogP contribution < -0.4 is 4.74 Å². The number of amides is 1. The van der Waals surface area contributed by atoms with Crippen molar-refractivity contribution in [1.29, 1.82) is 0 Å². The number of aromatic nitrogens is 1. The van der Waals surface area contributed by atoms with Crippen LogP contribution in [-0.2, 0) is 4.74 Å². The van der Waals surface area contributed by atoms with Gasteiger partial charge in [0.15, 0.2) is 0 Å². The van der Waals surface area contributed by atoms with Crippen molar-refractivity contribution in [3.05, 3.63) is 24.3 Å². The zero-order valence-corrected chi connectivity index (χ0v) is 14.6. The number of hydrogen-bond acceptors (Lipinski definition) is 5. The number of thiazole rings is 1. The normalized spacial score (nSPS) is 18.9. The van der Waals surface area contributed by atoms with Crippen molar-refractivity contribution in [3.8, 4) is 5.19 Å². The van der Waals surface area contributed by atoms with Gasteiger partial charge in [0, 0.05) is 6.54 Å². The topological polar surface area (TPSA) is 51.7 Å². The molecule has 1 amide bonds. The smallest absolute Gasteiger partial charge is 0.410 e. The second kappa shape index (κ2) is 6.35. The van der Waals surface area contributed by atoms with Gasteiger partial charge in [-0.1, -0.05) is 23.5 Å². The lowest BCUT2D eigenvalue weighted by atomic mass is 10.1. The fourth-order valence-corrected chi connectivity index (χ4v) is 3.45. The van der Waals surface area contributed by atoms with Gasteiger partial charge in [-0.3, -0.25) is 0 Å². The van der Waals surface area contributed by atoms with Gasteiger partial charge in [-0.25, -0.2) is 9.78 Å². The molecular weight excluding hydrogens is 312 g/mol. The fourth-order valence-electron chi connectivity index (χ4n) is 2.57. The van der Waals surface area contributed by atoms with E-state index in [2.05, 4.69) is 4.98 Å². The summed E-state index contributed by atoms with van der Waals surface area (Å²) in [6, 6.07) is 7.98. The Balaban J connectivity index is 1.63. The summed E-state index contributed by atoms with van der Waals surface area (Å²) in [5.41, 5.74) is 0.477. The molecule has 6 heteroatoms. The molecule has 1 aliphatic rings. The van der Waals surface area contributed by atoms with Crippen molar-refractivity contribution >= 4 is 27.6 Å². The molecule has 0 saturated carbocycles. The predicted octanol–water partition coefficient (Wildman–Crippen LogP) is 4.07. The number of nitrogens with zero attached hydrogens (tertiary/aromatic N) is 2. The minimum Gasteiger partial charge on any atom is -0.465 e. The third kappa shape index (κ3) is 4.13. The first kappa shape index (κ1) is 16.1. The fraction of sp³-hybridized carbons (Fsp3) is 0.529. The third-order valence-corrected chi connectivity index (χ3v) is 4.50. The van der Waals surface area contributed by atoms with Crippen LogP contribution in [0.3, 0.4) is 0 Å². The van der Waals surface area contributed by atoms with E-state index in [1.54, 1.807) is 16.2 Å². The Hall–Kier alpha value is -1.82. The van der Waals surface area contributed by atoms with Gasteiger partial charge in [0.05, 0.1) is 16.8 Å². The molecule has 2 aromatic rings. The Kier molecular flexibility index (Phi) is 4.43. The maximum atomic E-state index is 12.2. The summed E-state index contributed by atoms with van der Waals surface area (Å²) >= 11 is 1.54. The van der Waals surface area contributed by atoms with Gasteiger partial charge in [-0.05, 0) is 45.7 Å². The molecule has 1 fully saturated rings. The second-order valence-corrected chi connectivity index (χ2v) is 7.75. The summed E-state index contributed by atoms with van der Waals surface area (Å²) in [4.78, 5) is 18.4. The van der Waals surface area contributed by atoms with Gasteiger partial charge in [0.2, 0.25) is 0 Å². The van der Waals surface area contributed by atoms with Gasteiger partial charge in [0.25, 0.3) is 5.19 Å². The summed E-state index contributed by atoms with van der Waals surface area (Å²) in [6.07, 6.45) is 1.54. The Labute approximate surface area is 140 Å². The minimum absolute atomic E-state index is 0.0307. The van der Waals surface area contributed by atoms with Gasteiger partial charge >= 0.3 is 6.09 Å². The molecule has 3 rings (SSSR count). The van der Waals surface area contributed by atoms with Crippen LogP contribution in [0.2, 0.25) is 0 Å². The molecule has 5 nitrogen and oxygen atoms in total. The van der Waals surface area contributed by atoms with Crippen molar-refractivity contribution < 1.29 is 14.3 Å². The molecule has 0 aliphatic carbocycles. The van der Waals surface area contributed by atoms with Crippen LogP contribution >= 0.6 is 11.3 Å². The van der Waals surface area contributed by atoms with Crippen molar-refractivity contribution in [3.63, 3.8) is 0 Å². The molecule has 0 bridgehead atoms. The van der Waals surface area contributed by atoms with E-state index >= 15 is 0 Å². The maximum absolute atomic E-state index is 12.2. The van der Waals surface area contributed by atoms with Crippen molar-refractivity contribution in [1.82, 2.24) is 9.88 Å². The molecule has 0 spiro atoms. The van der Waals surface area contributed by atoms with Crippen LogP contribution in [0.1, 0.15) is 33.6 Å². The first-order valence-corrected chi connectivity index (χ1v) is 8.72. The van der Waals surface area contributed by atoms with Crippen LogP contribution in [0, 0.1) is 0 Å². The van der Waals surface area contributed by atoms with Crippen LogP contribution in [-0.4, -0.2) is 40.8 Å². The Morgan fingerprint density at radius 1 is 1.35 bits per heavy atom. The van der Waals surface area contributed by atoms with E-state index in [-0.39, 0.29) is 12.2 Å². The number of rotatable bonds is 2. The molecule has 1 aliphatic heterocycles. The standard InChI is InChI=1S/C17H22N2O3S/c1-17(2,3)22-16(20)19-10-6-7-12(11-19)21-15-18-13-8-4-5-9-14(13)23-15/h4-5,8-9,12H,6-7,10-11H2,1-3H3. The van der Waals surface area contributed by atoms with Gasteiger partial charge in [0.1, 0.15) is 11.7 Å². The van der Waals surface area contributed by atoms with E-state index in [4.69, 9.17) is 9.47 Å². The predicted molar refractivity (Wildman–Crippen MR) is 91.1 cm³/mol. The van der Waals surface area contributed by atoms with E-state index in [1.807, 2.05) is 45.0 Å².